The lowest BCUT2D eigenvalue weighted by atomic mass is 9.85. The summed E-state index contributed by atoms with van der Waals surface area (Å²) in [5.74, 6) is -0.475. The maximum absolute atomic E-state index is 12.9. The van der Waals surface area contributed by atoms with Crippen molar-refractivity contribution >= 4 is 13.8 Å². The first-order valence-electron chi connectivity index (χ1n) is 27.2. The average molecular weight is 961 g/mol. The summed E-state index contributed by atoms with van der Waals surface area (Å²) in [4.78, 5) is 23.3. The molecular formula is C53H101O12P. The highest BCUT2D eigenvalue weighted by atomic mass is 31.2. The van der Waals surface area contributed by atoms with Gasteiger partial charge < -0.3 is 39.9 Å². The lowest BCUT2D eigenvalue weighted by molar-refractivity contribution is -0.220. The van der Waals surface area contributed by atoms with Crippen molar-refractivity contribution in [2.75, 3.05) is 19.8 Å². The fraction of sp³-hybridized carbons (Fsp3) is 0.906. The topological polar surface area (TPSA) is 192 Å². The van der Waals surface area contributed by atoms with Crippen molar-refractivity contribution in [1.29, 1.82) is 0 Å². The molecule has 390 valence electrons. The molecule has 6 atom stereocenters. The van der Waals surface area contributed by atoms with Crippen molar-refractivity contribution in [3.8, 4) is 0 Å². The number of rotatable bonds is 47. The van der Waals surface area contributed by atoms with Crippen molar-refractivity contribution in [3.05, 3.63) is 24.3 Å². The van der Waals surface area contributed by atoms with E-state index in [2.05, 4.69) is 38.2 Å². The third kappa shape index (κ3) is 35.0. The zero-order valence-electron chi connectivity index (χ0n) is 42.0. The standard InChI is InChI=1S/C53H101O12P/c1-3-5-7-9-11-13-15-17-19-21-22-23-24-25-26-27-28-30-32-34-36-38-40-42-47(54)64-46(45-63-66(60,61)65-53-51(58)49(56)48(55)50(57)52(53)59)44-62-43-41-39-37-35-33-31-29-20-18-16-14-12-10-8-6-4-2/h15,17,21-22,46,48-53,55-59H,3-14,16,18-20,23-45H2,1-2H3,(H,60,61)/b17-15-,22-21-. The van der Waals surface area contributed by atoms with Gasteiger partial charge in [-0.2, -0.15) is 0 Å². The molecule has 0 radical (unpaired) electrons. The summed E-state index contributed by atoms with van der Waals surface area (Å²) in [5, 5.41) is 50.3. The number of carbonyl (C=O) groups is 1. The van der Waals surface area contributed by atoms with Crippen LogP contribution in [0.3, 0.4) is 0 Å². The maximum atomic E-state index is 12.9. The molecule has 0 aromatic rings. The fourth-order valence-electron chi connectivity index (χ4n) is 8.51. The highest BCUT2D eigenvalue weighted by Gasteiger charge is 2.51. The Labute approximate surface area is 402 Å². The highest BCUT2D eigenvalue weighted by molar-refractivity contribution is 7.47. The van der Waals surface area contributed by atoms with Crippen LogP contribution in [-0.4, -0.2) is 98.9 Å². The number of aliphatic hydroxyl groups is 5. The summed E-state index contributed by atoms with van der Waals surface area (Å²) in [6.45, 7) is 4.29. The Morgan fingerprint density at radius 3 is 1.27 bits per heavy atom. The molecule has 1 rings (SSSR count). The van der Waals surface area contributed by atoms with E-state index in [4.69, 9.17) is 18.5 Å². The van der Waals surface area contributed by atoms with E-state index in [0.717, 1.165) is 44.9 Å². The minimum atomic E-state index is -5.02. The molecule has 1 saturated carbocycles. The molecule has 0 spiro atoms. The average Bonchev–Trinajstić information content (AvgIpc) is 3.30. The number of esters is 1. The minimum absolute atomic E-state index is 0.0724. The largest absolute Gasteiger partial charge is 0.472 e. The second-order valence-electron chi connectivity index (χ2n) is 19.1. The lowest BCUT2D eigenvalue weighted by Gasteiger charge is -2.41. The van der Waals surface area contributed by atoms with Gasteiger partial charge in [-0.05, 0) is 44.9 Å². The van der Waals surface area contributed by atoms with E-state index in [-0.39, 0.29) is 13.0 Å². The Morgan fingerprint density at radius 2 is 0.848 bits per heavy atom. The summed E-state index contributed by atoms with van der Waals surface area (Å²) in [6.07, 6.45) is 39.6. The van der Waals surface area contributed by atoms with Crippen LogP contribution in [0.25, 0.3) is 0 Å². The Kier molecular flexibility index (Phi) is 41.7. The van der Waals surface area contributed by atoms with Crippen molar-refractivity contribution in [2.45, 2.75) is 288 Å². The number of allylic oxidation sites excluding steroid dienone is 4. The van der Waals surface area contributed by atoms with Crippen molar-refractivity contribution in [3.63, 3.8) is 0 Å². The first-order chi connectivity index (χ1) is 32.0. The summed E-state index contributed by atoms with van der Waals surface area (Å²) >= 11 is 0. The van der Waals surface area contributed by atoms with Gasteiger partial charge in [-0.3, -0.25) is 13.8 Å². The van der Waals surface area contributed by atoms with Crippen LogP contribution < -0.4 is 0 Å². The molecule has 0 aromatic carbocycles. The SMILES string of the molecule is CCCCCCC/C=C\C/C=C\CCCCCCCCCCCCCC(=O)OC(COCCCCCCCCCCCCCCCCCC)COP(=O)(O)OC1C(O)C(O)C(O)C(O)C1O. The Hall–Kier alpha value is -1.18. The van der Waals surface area contributed by atoms with Crippen molar-refractivity contribution in [2.24, 2.45) is 0 Å². The van der Waals surface area contributed by atoms with Crippen LogP contribution in [0.15, 0.2) is 24.3 Å². The second-order valence-corrected chi connectivity index (χ2v) is 20.5. The maximum Gasteiger partial charge on any atom is 0.472 e. The molecule has 0 aliphatic heterocycles. The number of hydrogen-bond donors (Lipinski definition) is 6. The molecule has 13 heteroatoms. The van der Waals surface area contributed by atoms with Gasteiger partial charge in [0.25, 0.3) is 0 Å². The van der Waals surface area contributed by atoms with Gasteiger partial charge in [0, 0.05) is 13.0 Å². The number of ether oxygens (including phenoxy) is 2. The zero-order valence-corrected chi connectivity index (χ0v) is 42.9. The van der Waals surface area contributed by atoms with Crippen molar-refractivity contribution < 1.29 is 58.3 Å². The summed E-state index contributed by atoms with van der Waals surface area (Å²) in [5.41, 5.74) is 0. The van der Waals surface area contributed by atoms with Crippen LogP contribution in [0.4, 0.5) is 0 Å². The number of unbranched alkanes of at least 4 members (excludes halogenated alkanes) is 31. The van der Waals surface area contributed by atoms with E-state index in [1.807, 2.05) is 0 Å². The molecule has 6 unspecified atom stereocenters. The minimum Gasteiger partial charge on any atom is -0.457 e. The van der Waals surface area contributed by atoms with Gasteiger partial charge >= 0.3 is 13.8 Å². The van der Waals surface area contributed by atoms with Gasteiger partial charge in [0.15, 0.2) is 0 Å². The predicted octanol–water partition coefficient (Wildman–Crippen LogP) is 12.4. The molecule has 1 aliphatic carbocycles. The van der Waals surface area contributed by atoms with Gasteiger partial charge in [-0.15, -0.1) is 0 Å². The molecule has 0 bridgehead atoms. The van der Waals surface area contributed by atoms with E-state index in [0.29, 0.717) is 13.0 Å². The first-order valence-corrected chi connectivity index (χ1v) is 28.7. The first kappa shape index (κ1) is 62.8. The molecule has 66 heavy (non-hydrogen) atoms. The van der Waals surface area contributed by atoms with Crippen LogP contribution in [0.2, 0.25) is 0 Å². The molecule has 0 aromatic heterocycles. The van der Waals surface area contributed by atoms with Crippen LogP contribution in [0.1, 0.15) is 245 Å². The lowest BCUT2D eigenvalue weighted by Crippen LogP contribution is -2.64. The van der Waals surface area contributed by atoms with Gasteiger partial charge in [-0.1, -0.05) is 218 Å². The monoisotopic (exact) mass is 961 g/mol. The Morgan fingerprint density at radius 1 is 0.485 bits per heavy atom. The van der Waals surface area contributed by atoms with E-state index in [1.165, 1.54) is 173 Å². The summed E-state index contributed by atoms with van der Waals surface area (Å²) in [7, 11) is -5.02. The molecule has 1 fully saturated rings. The zero-order chi connectivity index (χ0) is 48.4. The smallest absolute Gasteiger partial charge is 0.457 e. The van der Waals surface area contributed by atoms with E-state index in [1.54, 1.807) is 0 Å². The second kappa shape index (κ2) is 43.8. The summed E-state index contributed by atoms with van der Waals surface area (Å²) in [6, 6.07) is 0. The Balaban J connectivity index is 2.30. The normalized spacial score (nSPS) is 21.5. The number of phosphoric ester groups is 1. The molecular weight excluding hydrogens is 860 g/mol. The van der Waals surface area contributed by atoms with E-state index in [9.17, 15) is 39.8 Å². The van der Waals surface area contributed by atoms with Gasteiger partial charge in [0.05, 0.1) is 13.2 Å². The van der Waals surface area contributed by atoms with E-state index < -0.39 is 63.1 Å². The van der Waals surface area contributed by atoms with Crippen LogP contribution >= 0.6 is 7.82 Å². The quantitative estimate of drug-likeness (QED) is 0.0147. The highest BCUT2D eigenvalue weighted by Crippen LogP contribution is 2.47. The third-order valence-electron chi connectivity index (χ3n) is 12.8. The van der Waals surface area contributed by atoms with Crippen LogP contribution in [-0.2, 0) is 27.9 Å². The van der Waals surface area contributed by atoms with Crippen LogP contribution in [0.5, 0.6) is 0 Å². The Bertz CT molecular complexity index is 1190. The fourth-order valence-corrected chi connectivity index (χ4v) is 9.48. The third-order valence-corrected chi connectivity index (χ3v) is 13.8. The molecule has 12 nitrogen and oxygen atoms in total. The summed E-state index contributed by atoms with van der Waals surface area (Å²) < 4.78 is 34.3. The van der Waals surface area contributed by atoms with Crippen molar-refractivity contribution in [1.82, 2.24) is 0 Å². The molecule has 6 N–H and O–H groups in total. The number of phosphoric acid groups is 1. The predicted molar refractivity (Wildman–Crippen MR) is 267 cm³/mol. The van der Waals surface area contributed by atoms with Gasteiger partial charge in [0.2, 0.25) is 0 Å². The van der Waals surface area contributed by atoms with Gasteiger partial charge in [0.1, 0.15) is 42.7 Å². The number of hydrogen-bond acceptors (Lipinski definition) is 11. The van der Waals surface area contributed by atoms with Crippen LogP contribution in [0, 0.1) is 0 Å². The molecule has 0 saturated heterocycles. The number of carbonyl (C=O) groups excluding carboxylic acids is 1. The van der Waals surface area contributed by atoms with E-state index >= 15 is 0 Å². The number of aliphatic hydroxyl groups excluding tert-OH is 5. The molecule has 1 aliphatic rings. The van der Waals surface area contributed by atoms with Gasteiger partial charge in [-0.25, -0.2) is 4.57 Å². The molecule has 0 amide bonds. The molecule has 0 heterocycles.